The van der Waals surface area contributed by atoms with Crippen molar-refractivity contribution in [3.8, 4) is 0 Å². The molecule has 0 saturated carbocycles. The van der Waals surface area contributed by atoms with Crippen molar-refractivity contribution in [2.45, 2.75) is 20.3 Å². The Balaban J connectivity index is 1.64. The summed E-state index contributed by atoms with van der Waals surface area (Å²) in [6, 6.07) is 20.1. The Morgan fingerprint density at radius 2 is 1.74 bits per heavy atom. The molecule has 0 aliphatic heterocycles. The summed E-state index contributed by atoms with van der Waals surface area (Å²) in [5.74, 6) is 1.31. The average Bonchev–Trinajstić information content (AvgIpc) is 2.64. The Kier molecular flexibility index (Phi) is 5.99. The highest BCUT2D eigenvalue weighted by atomic mass is 15.2. The zero-order chi connectivity index (χ0) is 19.1. The van der Waals surface area contributed by atoms with Crippen LogP contribution in [0.2, 0.25) is 0 Å². The van der Waals surface area contributed by atoms with Gasteiger partial charge in [0.2, 0.25) is 5.96 Å². The minimum absolute atomic E-state index is 0.250. The number of hydrogen-bond donors (Lipinski definition) is 3. The van der Waals surface area contributed by atoms with Gasteiger partial charge in [-0.15, -0.1) is 0 Å². The first-order valence-electron chi connectivity index (χ1n) is 8.90. The third-order valence-electron chi connectivity index (χ3n) is 3.95. The maximum absolute atomic E-state index is 5.99. The molecule has 3 rings (SSSR count). The van der Waals surface area contributed by atoms with Crippen LogP contribution in [0.3, 0.4) is 0 Å². The molecule has 0 bridgehead atoms. The molecule has 0 radical (unpaired) electrons. The van der Waals surface area contributed by atoms with Gasteiger partial charge in [-0.2, -0.15) is 9.98 Å². The summed E-state index contributed by atoms with van der Waals surface area (Å²) in [6.45, 7) is 4.72. The maximum Gasteiger partial charge on any atom is 0.254 e. The lowest BCUT2D eigenvalue weighted by atomic mass is 10.1. The molecule has 6 heteroatoms. The quantitative estimate of drug-likeness (QED) is 0.459. The van der Waals surface area contributed by atoms with Crippen LogP contribution in [0, 0.1) is 13.8 Å². The number of nitrogens with zero attached hydrogens (tertiary/aromatic N) is 3. The number of guanidine groups is 1. The van der Waals surface area contributed by atoms with Crippen molar-refractivity contribution in [1.29, 1.82) is 0 Å². The SMILES string of the molecule is Cc1ccc(N/C(N)=N/c2nc(C)cc(NCCc3ccccc3)n2)cc1. The highest BCUT2D eigenvalue weighted by Crippen LogP contribution is 2.13. The van der Waals surface area contributed by atoms with E-state index in [0.717, 1.165) is 30.2 Å². The van der Waals surface area contributed by atoms with Crippen LogP contribution in [0.25, 0.3) is 0 Å². The van der Waals surface area contributed by atoms with Gasteiger partial charge in [-0.05, 0) is 38.0 Å². The van der Waals surface area contributed by atoms with E-state index in [-0.39, 0.29) is 5.96 Å². The largest absolute Gasteiger partial charge is 0.370 e. The lowest BCUT2D eigenvalue weighted by Gasteiger charge is -2.08. The van der Waals surface area contributed by atoms with Crippen molar-refractivity contribution in [3.05, 3.63) is 77.5 Å². The second-order valence-electron chi connectivity index (χ2n) is 6.35. The third kappa shape index (κ3) is 5.81. The van der Waals surface area contributed by atoms with Gasteiger partial charge in [0.1, 0.15) is 5.82 Å². The van der Waals surface area contributed by atoms with Crippen LogP contribution in [-0.2, 0) is 6.42 Å². The molecule has 0 aliphatic rings. The predicted octanol–water partition coefficient (Wildman–Crippen LogP) is 3.81. The van der Waals surface area contributed by atoms with Crippen LogP contribution < -0.4 is 16.4 Å². The summed E-state index contributed by atoms with van der Waals surface area (Å²) < 4.78 is 0. The second-order valence-corrected chi connectivity index (χ2v) is 6.35. The molecule has 0 saturated heterocycles. The van der Waals surface area contributed by atoms with Gasteiger partial charge in [-0.25, -0.2) is 4.98 Å². The first-order chi connectivity index (χ1) is 13.1. The maximum atomic E-state index is 5.99. The van der Waals surface area contributed by atoms with E-state index < -0.39 is 0 Å². The van der Waals surface area contributed by atoms with E-state index in [1.54, 1.807) is 0 Å². The summed E-state index contributed by atoms with van der Waals surface area (Å²) in [5, 5.41) is 6.37. The molecule has 27 heavy (non-hydrogen) atoms. The van der Waals surface area contributed by atoms with Gasteiger partial charge >= 0.3 is 0 Å². The van der Waals surface area contributed by atoms with Crippen LogP contribution in [-0.4, -0.2) is 22.5 Å². The highest BCUT2D eigenvalue weighted by Gasteiger charge is 2.03. The Morgan fingerprint density at radius 1 is 1.00 bits per heavy atom. The smallest absolute Gasteiger partial charge is 0.254 e. The summed E-state index contributed by atoms with van der Waals surface area (Å²) in [5.41, 5.74) is 10.2. The highest BCUT2D eigenvalue weighted by molar-refractivity contribution is 5.93. The minimum Gasteiger partial charge on any atom is -0.370 e. The van der Waals surface area contributed by atoms with Crippen LogP contribution >= 0.6 is 0 Å². The predicted molar refractivity (Wildman–Crippen MR) is 111 cm³/mol. The molecule has 0 unspecified atom stereocenters. The van der Waals surface area contributed by atoms with Crippen LogP contribution in [0.5, 0.6) is 0 Å². The number of anilines is 2. The first-order valence-corrected chi connectivity index (χ1v) is 8.90. The van der Waals surface area contributed by atoms with Gasteiger partial charge in [-0.1, -0.05) is 48.0 Å². The van der Waals surface area contributed by atoms with Crippen molar-refractivity contribution in [3.63, 3.8) is 0 Å². The number of aliphatic imine (C=N–C) groups is 1. The number of hydrogen-bond acceptors (Lipinski definition) is 4. The first kappa shape index (κ1) is 18.4. The van der Waals surface area contributed by atoms with Gasteiger partial charge in [0.25, 0.3) is 5.95 Å². The third-order valence-corrected chi connectivity index (χ3v) is 3.95. The van der Waals surface area contributed by atoms with Gasteiger partial charge in [0.05, 0.1) is 0 Å². The fourth-order valence-corrected chi connectivity index (χ4v) is 2.59. The van der Waals surface area contributed by atoms with E-state index in [1.807, 2.05) is 62.4 Å². The molecule has 138 valence electrons. The van der Waals surface area contributed by atoms with Crippen LogP contribution in [0.1, 0.15) is 16.8 Å². The molecule has 2 aromatic carbocycles. The normalized spacial score (nSPS) is 11.3. The standard InChI is InChI=1S/C21H24N6/c1-15-8-10-18(11-9-15)25-20(22)27-21-24-16(2)14-19(26-21)23-13-12-17-6-4-3-5-7-17/h3-11,14H,12-13H2,1-2H3,(H4,22,23,24,25,26,27). The summed E-state index contributed by atoms with van der Waals surface area (Å²) in [6.07, 6.45) is 0.916. The molecular weight excluding hydrogens is 336 g/mol. The van der Waals surface area contributed by atoms with Crippen molar-refractivity contribution in [2.75, 3.05) is 17.2 Å². The Hall–Kier alpha value is -3.41. The lowest BCUT2D eigenvalue weighted by Crippen LogP contribution is -2.22. The summed E-state index contributed by atoms with van der Waals surface area (Å²) in [7, 11) is 0. The Morgan fingerprint density at radius 3 is 2.48 bits per heavy atom. The van der Waals surface area contributed by atoms with E-state index in [1.165, 1.54) is 11.1 Å². The van der Waals surface area contributed by atoms with E-state index in [2.05, 4.69) is 37.7 Å². The minimum atomic E-state index is 0.250. The molecule has 6 nitrogen and oxygen atoms in total. The molecule has 0 atom stereocenters. The zero-order valence-electron chi connectivity index (χ0n) is 15.6. The fraction of sp³-hybridized carbons (Fsp3) is 0.190. The lowest BCUT2D eigenvalue weighted by molar-refractivity contribution is 0.990. The number of aryl methyl sites for hydroxylation is 2. The molecule has 3 aromatic rings. The van der Waals surface area contributed by atoms with E-state index >= 15 is 0 Å². The van der Waals surface area contributed by atoms with Gasteiger partial charge in [-0.3, -0.25) is 0 Å². The molecular formula is C21H24N6. The van der Waals surface area contributed by atoms with Gasteiger partial charge in [0, 0.05) is 24.0 Å². The summed E-state index contributed by atoms with van der Waals surface area (Å²) >= 11 is 0. The van der Waals surface area contributed by atoms with Crippen molar-refractivity contribution >= 4 is 23.4 Å². The summed E-state index contributed by atoms with van der Waals surface area (Å²) in [4.78, 5) is 13.1. The molecule has 0 amide bonds. The molecule has 0 aliphatic carbocycles. The molecule has 0 fully saturated rings. The number of rotatable bonds is 6. The molecule has 0 spiro atoms. The average molecular weight is 360 g/mol. The van der Waals surface area contributed by atoms with Gasteiger partial charge in [0.15, 0.2) is 0 Å². The number of nitrogens with one attached hydrogen (secondary N) is 2. The van der Waals surface area contributed by atoms with Crippen LogP contribution in [0.15, 0.2) is 65.7 Å². The number of nitrogens with two attached hydrogens (primary N) is 1. The van der Waals surface area contributed by atoms with Gasteiger partial charge < -0.3 is 16.4 Å². The van der Waals surface area contributed by atoms with Crippen molar-refractivity contribution < 1.29 is 0 Å². The number of aromatic nitrogens is 2. The Labute approximate surface area is 159 Å². The number of benzene rings is 2. The van der Waals surface area contributed by atoms with Crippen LogP contribution in [0.4, 0.5) is 17.5 Å². The fourth-order valence-electron chi connectivity index (χ4n) is 2.59. The molecule has 1 aromatic heterocycles. The van der Waals surface area contributed by atoms with Crippen molar-refractivity contribution in [1.82, 2.24) is 9.97 Å². The monoisotopic (exact) mass is 360 g/mol. The Bertz CT molecular complexity index is 904. The zero-order valence-corrected chi connectivity index (χ0v) is 15.6. The van der Waals surface area contributed by atoms with E-state index in [9.17, 15) is 0 Å². The van der Waals surface area contributed by atoms with Crippen molar-refractivity contribution in [2.24, 2.45) is 10.7 Å². The topological polar surface area (TPSA) is 88.2 Å². The molecule has 4 N–H and O–H groups in total. The van der Waals surface area contributed by atoms with E-state index in [0.29, 0.717) is 5.95 Å². The molecule has 1 heterocycles. The van der Waals surface area contributed by atoms with E-state index in [4.69, 9.17) is 5.73 Å². The second kappa shape index (κ2) is 8.80.